The molecule has 2 aromatic heterocycles. The van der Waals surface area contributed by atoms with Gasteiger partial charge in [-0.3, -0.25) is 0 Å². The number of nitrogens with one attached hydrogen (secondary N) is 1. The van der Waals surface area contributed by atoms with Crippen molar-refractivity contribution in [2.75, 3.05) is 23.3 Å². The molecule has 1 saturated heterocycles. The molecule has 1 fully saturated rings. The van der Waals surface area contributed by atoms with E-state index in [1.54, 1.807) is 24.3 Å². The molecule has 142 valence electrons. The van der Waals surface area contributed by atoms with Gasteiger partial charge in [0, 0.05) is 19.1 Å². The van der Waals surface area contributed by atoms with Crippen molar-refractivity contribution >= 4 is 17.2 Å². The van der Waals surface area contributed by atoms with Gasteiger partial charge in [-0.05, 0) is 37.1 Å². The van der Waals surface area contributed by atoms with Crippen molar-refractivity contribution in [3.63, 3.8) is 0 Å². The van der Waals surface area contributed by atoms with E-state index in [1.165, 1.54) is 12.1 Å². The summed E-state index contributed by atoms with van der Waals surface area (Å²) in [6, 6.07) is 9.66. The summed E-state index contributed by atoms with van der Waals surface area (Å²) in [5.41, 5.74) is 0.497. The fraction of sp³-hybridized carbons (Fsp3) is 0.353. The van der Waals surface area contributed by atoms with Gasteiger partial charge in [-0.1, -0.05) is 12.1 Å². The first-order chi connectivity index (χ1) is 12.9. The average molecular weight is 380 g/mol. The summed E-state index contributed by atoms with van der Waals surface area (Å²) in [5.74, 6) is -1.02. The molecule has 4 rings (SSSR count). The second kappa shape index (κ2) is 6.67. The van der Waals surface area contributed by atoms with Gasteiger partial charge >= 0.3 is 6.18 Å². The number of rotatable bonds is 3. The van der Waals surface area contributed by atoms with Crippen molar-refractivity contribution in [3.05, 3.63) is 48.0 Å². The molecule has 27 heavy (non-hydrogen) atoms. The quantitative estimate of drug-likeness (QED) is 0.706. The van der Waals surface area contributed by atoms with E-state index >= 15 is 0 Å². The van der Waals surface area contributed by atoms with Crippen molar-refractivity contribution in [1.82, 2.24) is 19.8 Å². The molecule has 0 bridgehead atoms. The zero-order valence-electron chi connectivity index (χ0n) is 14.1. The Balaban J connectivity index is 1.47. The van der Waals surface area contributed by atoms with E-state index in [2.05, 4.69) is 20.6 Å². The molecular weight excluding hydrogens is 364 g/mol. The maximum absolute atomic E-state index is 13.7. The minimum Gasteiger partial charge on any atom is -0.380 e. The Bertz CT molecular complexity index is 946. The van der Waals surface area contributed by atoms with Crippen LogP contribution in [0.4, 0.5) is 29.1 Å². The molecule has 1 aliphatic heterocycles. The van der Waals surface area contributed by atoms with E-state index in [4.69, 9.17) is 0 Å². The van der Waals surface area contributed by atoms with E-state index in [1.807, 2.05) is 4.90 Å². The number of alkyl halides is 3. The maximum atomic E-state index is 13.7. The third kappa shape index (κ3) is 3.51. The molecule has 0 saturated carbocycles. The number of benzene rings is 1. The second-order valence-corrected chi connectivity index (χ2v) is 6.37. The SMILES string of the molecule is Fc1ccccc1NC1CCN(c2ccc3nnc(C(F)(F)F)n3n2)CC1. The molecule has 0 unspecified atom stereocenters. The van der Waals surface area contributed by atoms with Crippen LogP contribution in [0.2, 0.25) is 0 Å². The van der Waals surface area contributed by atoms with Crippen LogP contribution in [0.25, 0.3) is 5.65 Å². The van der Waals surface area contributed by atoms with Crippen molar-refractivity contribution in [3.8, 4) is 0 Å². The zero-order chi connectivity index (χ0) is 19.0. The normalized spacial score (nSPS) is 16.1. The van der Waals surface area contributed by atoms with Gasteiger partial charge < -0.3 is 10.2 Å². The maximum Gasteiger partial charge on any atom is 0.453 e. The number of aromatic nitrogens is 4. The van der Waals surface area contributed by atoms with Gasteiger partial charge in [-0.15, -0.1) is 15.3 Å². The van der Waals surface area contributed by atoms with Crippen LogP contribution in [0, 0.1) is 5.82 Å². The minimum atomic E-state index is -4.62. The Morgan fingerprint density at radius 3 is 2.44 bits per heavy atom. The minimum absolute atomic E-state index is 0.0437. The lowest BCUT2D eigenvalue weighted by Crippen LogP contribution is -2.39. The van der Waals surface area contributed by atoms with Crippen LogP contribution < -0.4 is 10.2 Å². The van der Waals surface area contributed by atoms with E-state index in [0.29, 0.717) is 37.4 Å². The largest absolute Gasteiger partial charge is 0.453 e. The van der Waals surface area contributed by atoms with Crippen LogP contribution in [-0.4, -0.2) is 38.9 Å². The van der Waals surface area contributed by atoms with E-state index in [0.717, 1.165) is 4.52 Å². The van der Waals surface area contributed by atoms with Gasteiger partial charge in [-0.25, -0.2) is 4.39 Å². The van der Waals surface area contributed by atoms with Crippen molar-refractivity contribution in [2.24, 2.45) is 0 Å². The lowest BCUT2D eigenvalue weighted by molar-refractivity contribution is -0.146. The van der Waals surface area contributed by atoms with Crippen LogP contribution in [0.5, 0.6) is 0 Å². The molecule has 0 atom stereocenters. The first-order valence-corrected chi connectivity index (χ1v) is 8.47. The van der Waals surface area contributed by atoms with Crippen molar-refractivity contribution in [2.45, 2.75) is 25.1 Å². The number of nitrogens with zero attached hydrogens (tertiary/aromatic N) is 5. The summed E-state index contributed by atoms with van der Waals surface area (Å²) in [5, 5.41) is 13.9. The lowest BCUT2D eigenvalue weighted by Gasteiger charge is -2.33. The number of halogens is 4. The van der Waals surface area contributed by atoms with Crippen LogP contribution in [0.1, 0.15) is 18.7 Å². The Kier molecular flexibility index (Phi) is 4.33. The van der Waals surface area contributed by atoms with Crippen LogP contribution in [0.15, 0.2) is 36.4 Å². The number of piperidine rings is 1. The third-order valence-corrected chi connectivity index (χ3v) is 4.55. The van der Waals surface area contributed by atoms with Crippen LogP contribution in [0.3, 0.4) is 0 Å². The van der Waals surface area contributed by atoms with Gasteiger partial charge in [0.15, 0.2) is 5.65 Å². The molecule has 3 aromatic rings. The summed E-state index contributed by atoms with van der Waals surface area (Å²) in [6.07, 6.45) is -3.20. The Morgan fingerprint density at radius 1 is 1.00 bits per heavy atom. The number of para-hydroxylation sites is 1. The molecular formula is C17H16F4N6. The summed E-state index contributed by atoms with van der Waals surface area (Å²) in [6.45, 7) is 1.18. The summed E-state index contributed by atoms with van der Waals surface area (Å²) < 4.78 is 53.5. The van der Waals surface area contributed by atoms with E-state index in [-0.39, 0.29) is 17.5 Å². The lowest BCUT2D eigenvalue weighted by atomic mass is 10.0. The first kappa shape index (κ1) is 17.5. The van der Waals surface area contributed by atoms with Gasteiger partial charge in [0.05, 0.1) is 5.69 Å². The molecule has 0 spiro atoms. The Labute approximate surface area is 151 Å². The van der Waals surface area contributed by atoms with Crippen molar-refractivity contribution in [1.29, 1.82) is 0 Å². The molecule has 1 N–H and O–H groups in total. The molecule has 0 radical (unpaired) electrons. The first-order valence-electron chi connectivity index (χ1n) is 8.47. The summed E-state index contributed by atoms with van der Waals surface area (Å²) >= 11 is 0. The van der Waals surface area contributed by atoms with Gasteiger partial charge in [0.25, 0.3) is 5.82 Å². The highest BCUT2D eigenvalue weighted by Crippen LogP contribution is 2.28. The molecule has 1 aromatic carbocycles. The number of hydrogen-bond donors (Lipinski definition) is 1. The van der Waals surface area contributed by atoms with Gasteiger partial charge in [-0.2, -0.15) is 17.7 Å². The highest BCUT2D eigenvalue weighted by atomic mass is 19.4. The topological polar surface area (TPSA) is 58.3 Å². The average Bonchev–Trinajstić information content (AvgIpc) is 3.08. The van der Waals surface area contributed by atoms with Crippen LogP contribution >= 0.6 is 0 Å². The molecule has 3 heterocycles. The molecule has 0 amide bonds. The van der Waals surface area contributed by atoms with Gasteiger partial charge in [0.2, 0.25) is 0 Å². The predicted molar refractivity (Wildman–Crippen MR) is 91.0 cm³/mol. The zero-order valence-corrected chi connectivity index (χ0v) is 14.1. The smallest absolute Gasteiger partial charge is 0.380 e. The number of anilines is 2. The predicted octanol–water partition coefficient (Wildman–Crippen LogP) is 3.36. The standard InChI is InChI=1S/C17H16F4N6/c18-12-3-1-2-4-13(12)22-11-7-9-26(10-8-11)15-6-5-14-23-24-16(17(19,20)21)27(14)25-15/h1-6,11,22H,7-10H2. The highest BCUT2D eigenvalue weighted by molar-refractivity contribution is 5.48. The van der Waals surface area contributed by atoms with E-state index in [9.17, 15) is 17.6 Å². The fourth-order valence-corrected chi connectivity index (χ4v) is 3.18. The highest BCUT2D eigenvalue weighted by Gasteiger charge is 2.37. The fourth-order valence-electron chi connectivity index (χ4n) is 3.18. The van der Waals surface area contributed by atoms with Crippen molar-refractivity contribution < 1.29 is 17.6 Å². The van der Waals surface area contributed by atoms with E-state index < -0.39 is 12.0 Å². The van der Waals surface area contributed by atoms with Gasteiger partial charge in [0.1, 0.15) is 11.6 Å². The number of fused-ring (bicyclic) bond motifs is 1. The Hall–Kier alpha value is -2.91. The monoisotopic (exact) mass is 380 g/mol. The Morgan fingerprint density at radius 2 is 1.74 bits per heavy atom. The molecule has 10 heteroatoms. The second-order valence-electron chi connectivity index (χ2n) is 6.37. The summed E-state index contributed by atoms with van der Waals surface area (Å²) in [4.78, 5) is 1.90. The number of hydrogen-bond acceptors (Lipinski definition) is 5. The van der Waals surface area contributed by atoms with Crippen LogP contribution in [-0.2, 0) is 6.18 Å². The molecule has 1 aliphatic rings. The third-order valence-electron chi connectivity index (χ3n) is 4.55. The molecule has 0 aliphatic carbocycles. The molecule has 6 nitrogen and oxygen atoms in total. The summed E-state index contributed by atoms with van der Waals surface area (Å²) in [7, 11) is 0.